The second-order valence-electron chi connectivity index (χ2n) is 2.25. The van der Waals surface area contributed by atoms with Crippen LogP contribution in [0.4, 0.5) is 0 Å². The van der Waals surface area contributed by atoms with E-state index in [4.69, 9.17) is 23.2 Å². The highest BCUT2D eigenvalue weighted by atomic mass is 35.5. The SMILES string of the molecule is Clc1nc(Cl)nc(SC2=NCCS2)n1. The van der Waals surface area contributed by atoms with Gasteiger partial charge in [-0.3, -0.25) is 4.99 Å². The van der Waals surface area contributed by atoms with Crippen LogP contribution in [0.1, 0.15) is 0 Å². The summed E-state index contributed by atoms with van der Waals surface area (Å²) >= 11 is 14.3. The lowest BCUT2D eigenvalue weighted by molar-refractivity contribution is 0.908. The average Bonchev–Trinajstić information content (AvgIpc) is 2.54. The number of hydrogen-bond donors (Lipinski definition) is 0. The third-order valence-corrected chi connectivity index (χ3v) is 3.67. The maximum Gasteiger partial charge on any atom is 0.227 e. The van der Waals surface area contributed by atoms with Crippen LogP contribution in [0.2, 0.25) is 10.6 Å². The lowest BCUT2D eigenvalue weighted by Gasteiger charge is -1.98. The van der Waals surface area contributed by atoms with Gasteiger partial charge in [-0.15, -0.1) is 0 Å². The van der Waals surface area contributed by atoms with Crippen LogP contribution in [0.5, 0.6) is 0 Å². The van der Waals surface area contributed by atoms with Gasteiger partial charge in [0, 0.05) is 5.75 Å². The topological polar surface area (TPSA) is 51.0 Å². The Labute approximate surface area is 98.9 Å². The van der Waals surface area contributed by atoms with Crippen molar-refractivity contribution in [1.82, 2.24) is 15.0 Å². The highest BCUT2D eigenvalue weighted by molar-refractivity contribution is 8.39. The van der Waals surface area contributed by atoms with Gasteiger partial charge in [-0.2, -0.15) is 15.0 Å². The van der Waals surface area contributed by atoms with Crippen LogP contribution in [0, 0.1) is 0 Å². The van der Waals surface area contributed by atoms with Gasteiger partial charge in [-0.25, -0.2) is 0 Å². The van der Waals surface area contributed by atoms with Crippen molar-refractivity contribution in [3.05, 3.63) is 10.6 Å². The molecule has 0 radical (unpaired) electrons. The molecule has 2 rings (SSSR count). The zero-order chi connectivity index (χ0) is 9.97. The number of halogens is 2. The number of rotatable bonds is 1. The maximum absolute atomic E-state index is 5.63. The van der Waals surface area contributed by atoms with Crippen molar-refractivity contribution in [3.8, 4) is 0 Å². The molecule has 0 fully saturated rings. The Bertz CT molecular complexity index is 364. The second kappa shape index (κ2) is 4.65. The predicted octanol–water partition coefficient (Wildman–Crippen LogP) is 2.37. The smallest absolute Gasteiger partial charge is 0.227 e. The molecule has 0 unspecified atom stereocenters. The summed E-state index contributed by atoms with van der Waals surface area (Å²) < 4.78 is 0.948. The zero-order valence-corrected chi connectivity index (χ0v) is 9.92. The van der Waals surface area contributed by atoms with Crippen LogP contribution in [-0.2, 0) is 0 Å². The summed E-state index contributed by atoms with van der Waals surface area (Å²) in [6, 6.07) is 0. The Balaban J connectivity index is 2.15. The lowest BCUT2D eigenvalue weighted by atomic mass is 10.8. The first kappa shape index (κ1) is 10.5. The van der Waals surface area contributed by atoms with Crippen LogP contribution >= 0.6 is 46.7 Å². The van der Waals surface area contributed by atoms with Gasteiger partial charge in [-0.1, -0.05) is 11.8 Å². The molecule has 0 bridgehead atoms. The zero-order valence-electron chi connectivity index (χ0n) is 6.78. The summed E-state index contributed by atoms with van der Waals surface area (Å²) in [4.78, 5) is 15.8. The largest absolute Gasteiger partial charge is 0.270 e. The molecule has 1 aromatic heterocycles. The lowest BCUT2D eigenvalue weighted by Crippen LogP contribution is -1.93. The monoisotopic (exact) mass is 266 g/mol. The van der Waals surface area contributed by atoms with Crippen LogP contribution < -0.4 is 0 Å². The molecule has 0 saturated carbocycles. The molecule has 14 heavy (non-hydrogen) atoms. The molecule has 74 valence electrons. The van der Waals surface area contributed by atoms with Crippen LogP contribution in [-0.4, -0.2) is 31.6 Å². The molecule has 1 aliphatic heterocycles. The van der Waals surface area contributed by atoms with Crippen molar-refractivity contribution >= 4 is 51.1 Å². The predicted molar refractivity (Wildman–Crippen MR) is 60.5 cm³/mol. The fourth-order valence-corrected chi connectivity index (χ4v) is 3.10. The summed E-state index contributed by atoms with van der Waals surface area (Å²) in [5.74, 6) is 1.01. The Kier molecular flexibility index (Phi) is 3.48. The van der Waals surface area contributed by atoms with Crippen molar-refractivity contribution in [2.45, 2.75) is 5.16 Å². The van der Waals surface area contributed by atoms with E-state index >= 15 is 0 Å². The van der Waals surface area contributed by atoms with Crippen molar-refractivity contribution in [2.75, 3.05) is 12.3 Å². The highest BCUT2D eigenvalue weighted by Crippen LogP contribution is 2.27. The Morgan fingerprint density at radius 1 is 1.14 bits per heavy atom. The summed E-state index contributed by atoms with van der Waals surface area (Å²) in [6.45, 7) is 0.847. The van der Waals surface area contributed by atoms with E-state index in [0.29, 0.717) is 5.16 Å². The highest BCUT2D eigenvalue weighted by Gasteiger charge is 2.12. The molecular formula is C6H4Cl2N4S2. The molecule has 1 aliphatic rings. The van der Waals surface area contributed by atoms with Gasteiger partial charge in [0.2, 0.25) is 10.6 Å². The first-order valence-electron chi connectivity index (χ1n) is 3.66. The second-order valence-corrected chi connectivity index (χ2v) is 5.23. The molecule has 0 N–H and O–H groups in total. The van der Waals surface area contributed by atoms with E-state index in [9.17, 15) is 0 Å². The molecule has 0 atom stereocenters. The van der Waals surface area contributed by atoms with Gasteiger partial charge in [0.15, 0.2) is 5.16 Å². The standard InChI is InChI=1S/C6H4Cl2N4S2/c7-3-10-4(8)12-5(11-3)14-6-9-1-2-13-6/h1-2H2. The van der Waals surface area contributed by atoms with Crippen LogP contribution in [0.25, 0.3) is 0 Å². The Morgan fingerprint density at radius 3 is 2.43 bits per heavy atom. The fourth-order valence-electron chi connectivity index (χ4n) is 0.810. The third-order valence-electron chi connectivity index (χ3n) is 1.30. The molecule has 0 spiro atoms. The van der Waals surface area contributed by atoms with E-state index in [2.05, 4.69) is 19.9 Å². The molecule has 1 aromatic rings. The number of aliphatic imine (C=N–C) groups is 1. The molecule has 2 heterocycles. The molecule has 0 aromatic carbocycles. The quantitative estimate of drug-likeness (QED) is 0.781. The van der Waals surface area contributed by atoms with E-state index in [1.54, 1.807) is 11.8 Å². The summed E-state index contributed by atoms with van der Waals surface area (Å²) in [7, 11) is 0. The van der Waals surface area contributed by atoms with Crippen molar-refractivity contribution in [3.63, 3.8) is 0 Å². The molecular weight excluding hydrogens is 263 g/mol. The fraction of sp³-hybridized carbons (Fsp3) is 0.333. The Morgan fingerprint density at radius 2 is 1.86 bits per heavy atom. The summed E-state index contributed by atoms with van der Waals surface area (Å²) in [6.07, 6.45) is 0. The van der Waals surface area contributed by atoms with Gasteiger partial charge in [0.25, 0.3) is 0 Å². The van der Waals surface area contributed by atoms with Crippen LogP contribution in [0.15, 0.2) is 10.1 Å². The van der Waals surface area contributed by atoms with E-state index in [-0.39, 0.29) is 10.6 Å². The molecule has 0 saturated heterocycles. The first-order chi connectivity index (χ1) is 6.74. The minimum atomic E-state index is 0.107. The van der Waals surface area contributed by atoms with Crippen molar-refractivity contribution < 1.29 is 0 Å². The molecule has 8 heteroatoms. The van der Waals surface area contributed by atoms with Crippen LogP contribution in [0.3, 0.4) is 0 Å². The number of nitrogens with zero attached hydrogens (tertiary/aromatic N) is 4. The molecule has 4 nitrogen and oxygen atoms in total. The van der Waals surface area contributed by atoms with Gasteiger partial charge < -0.3 is 0 Å². The third kappa shape index (κ3) is 2.73. The Hall–Kier alpha value is -0.0400. The summed E-state index contributed by atoms with van der Waals surface area (Å²) in [5.41, 5.74) is 0. The van der Waals surface area contributed by atoms with E-state index < -0.39 is 0 Å². The van der Waals surface area contributed by atoms with E-state index in [1.165, 1.54) is 11.8 Å². The number of aromatic nitrogens is 3. The van der Waals surface area contributed by atoms with Gasteiger partial charge >= 0.3 is 0 Å². The maximum atomic E-state index is 5.63. The number of hydrogen-bond acceptors (Lipinski definition) is 6. The summed E-state index contributed by atoms with van der Waals surface area (Å²) in [5, 5.41) is 0.704. The minimum absolute atomic E-state index is 0.107. The van der Waals surface area contributed by atoms with E-state index in [1.807, 2.05) is 0 Å². The van der Waals surface area contributed by atoms with Gasteiger partial charge in [0.1, 0.15) is 4.38 Å². The number of thioether (sulfide) groups is 2. The van der Waals surface area contributed by atoms with E-state index in [0.717, 1.165) is 16.7 Å². The average molecular weight is 267 g/mol. The van der Waals surface area contributed by atoms with Crippen molar-refractivity contribution in [2.24, 2.45) is 4.99 Å². The molecule has 0 aliphatic carbocycles. The van der Waals surface area contributed by atoms with Gasteiger partial charge in [-0.05, 0) is 35.0 Å². The molecule has 0 amide bonds. The van der Waals surface area contributed by atoms with Crippen molar-refractivity contribution in [1.29, 1.82) is 0 Å². The minimum Gasteiger partial charge on any atom is -0.270 e. The first-order valence-corrected chi connectivity index (χ1v) is 6.22. The van der Waals surface area contributed by atoms with Gasteiger partial charge in [0.05, 0.1) is 6.54 Å². The normalized spacial score (nSPS) is 15.7.